The summed E-state index contributed by atoms with van der Waals surface area (Å²) in [5.41, 5.74) is 0. The molecular weight excluding hydrogens is 214 g/mol. The average Bonchev–Trinajstić information content (AvgIpc) is 2.10. The molecule has 5 heteroatoms. The number of hydrogen-bond acceptors (Lipinski definition) is 4. The Morgan fingerprint density at radius 3 is 2.07 bits per heavy atom. The molecular formula is C10H19NO3S. The van der Waals surface area contributed by atoms with Crippen molar-refractivity contribution in [1.29, 1.82) is 0 Å². The molecule has 0 rings (SSSR count). The predicted octanol–water partition coefficient (Wildman–Crippen LogP) is 1.01. The highest BCUT2D eigenvalue weighted by molar-refractivity contribution is 7.81. The highest BCUT2D eigenvalue weighted by Crippen LogP contribution is 2.19. The van der Waals surface area contributed by atoms with E-state index in [0.717, 1.165) is 0 Å². The molecule has 0 heterocycles. The molecule has 0 unspecified atom stereocenters. The van der Waals surface area contributed by atoms with E-state index in [1.165, 1.54) is 7.11 Å². The molecule has 15 heavy (non-hydrogen) atoms. The van der Waals surface area contributed by atoms with E-state index in [4.69, 9.17) is 0 Å². The topological polar surface area (TPSA) is 55.4 Å². The Hall–Kier alpha value is -0.710. The van der Waals surface area contributed by atoms with Gasteiger partial charge in [0.15, 0.2) is 0 Å². The van der Waals surface area contributed by atoms with Crippen molar-refractivity contribution in [3.63, 3.8) is 0 Å². The van der Waals surface area contributed by atoms with Crippen LogP contribution in [0.4, 0.5) is 0 Å². The number of esters is 1. The number of ether oxygens (including phenoxy) is 1. The van der Waals surface area contributed by atoms with E-state index in [2.05, 4.69) is 22.7 Å². The van der Waals surface area contributed by atoms with Gasteiger partial charge in [0.25, 0.3) is 0 Å². The average molecular weight is 233 g/mol. The van der Waals surface area contributed by atoms with Gasteiger partial charge in [-0.05, 0) is 13.8 Å². The van der Waals surface area contributed by atoms with E-state index < -0.39 is 16.8 Å². The largest absolute Gasteiger partial charge is 0.467 e. The first kappa shape index (κ1) is 14.3. The van der Waals surface area contributed by atoms with Crippen LogP contribution in [0, 0.1) is 5.92 Å². The molecule has 0 radical (unpaired) electrons. The fourth-order valence-corrected chi connectivity index (χ4v) is 1.12. The molecule has 0 saturated carbocycles. The van der Waals surface area contributed by atoms with Crippen molar-refractivity contribution >= 4 is 24.5 Å². The monoisotopic (exact) mass is 233 g/mol. The van der Waals surface area contributed by atoms with E-state index in [0.29, 0.717) is 0 Å². The van der Waals surface area contributed by atoms with Crippen molar-refractivity contribution < 1.29 is 14.3 Å². The molecule has 1 amide bonds. The van der Waals surface area contributed by atoms with E-state index in [1.54, 1.807) is 27.7 Å². The first-order valence-corrected chi connectivity index (χ1v) is 5.25. The molecule has 0 aromatic rings. The molecule has 0 aromatic carbocycles. The van der Waals surface area contributed by atoms with Crippen LogP contribution < -0.4 is 5.32 Å². The molecule has 0 bridgehead atoms. The summed E-state index contributed by atoms with van der Waals surface area (Å²) >= 11 is 4.27. The van der Waals surface area contributed by atoms with Crippen LogP contribution >= 0.6 is 12.6 Å². The van der Waals surface area contributed by atoms with Gasteiger partial charge in [0, 0.05) is 10.7 Å². The molecule has 0 aliphatic carbocycles. The van der Waals surface area contributed by atoms with Crippen molar-refractivity contribution in [1.82, 2.24) is 5.32 Å². The summed E-state index contributed by atoms with van der Waals surface area (Å²) in [6.07, 6.45) is 0. The van der Waals surface area contributed by atoms with Crippen LogP contribution in [0.5, 0.6) is 0 Å². The second kappa shape index (κ2) is 5.39. The zero-order valence-corrected chi connectivity index (χ0v) is 10.7. The van der Waals surface area contributed by atoms with E-state index in [9.17, 15) is 9.59 Å². The third kappa shape index (κ3) is 4.55. The molecule has 1 atom stereocenters. The van der Waals surface area contributed by atoms with Crippen molar-refractivity contribution in [2.24, 2.45) is 5.92 Å². The lowest BCUT2D eigenvalue weighted by molar-refractivity contribution is -0.146. The number of nitrogens with one attached hydrogen (secondary N) is 1. The van der Waals surface area contributed by atoms with Crippen LogP contribution in [0.15, 0.2) is 0 Å². The second-order valence-corrected chi connectivity index (χ2v) is 5.43. The van der Waals surface area contributed by atoms with Gasteiger partial charge in [-0.1, -0.05) is 13.8 Å². The summed E-state index contributed by atoms with van der Waals surface area (Å²) in [5.74, 6) is -0.843. The summed E-state index contributed by atoms with van der Waals surface area (Å²) in [5, 5.41) is 2.62. The van der Waals surface area contributed by atoms with Crippen LogP contribution in [0.3, 0.4) is 0 Å². The second-order valence-electron chi connectivity index (χ2n) is 4.27. The lowest BCUT2D eigenvalue weighted by atomic mass is 10.0. The Morgan fingerprint density at radius 1 is 1.33 bits per heavy atom. The predicted molar refractivity (Wildman–Crippen MR) is 61.8 cm³/mol. The number of thiol groups is 1. The van der Waals surface area contributed by atoms with Gasteiger partial charge < -0.3 is 10.1 Å². The maximum absolute atomic E-state index is 11.5. The van der Waals surface area contributed by atoms with Crippen LogP contribution in [-0.2, 0) is 14.3 Å². The smallest absolute Gasteiger partial charge is 0.329 e. The molecule has 0 aromatic heterocycles. The Morgan fingerprint density at radius 2 is 1.80 bits per heavy atom. The lowest BCUT2D eigenvalue weighted by Crippen LogP contribution is -2.53. The van der Waals surface area contributed by atoms with Gasteiger partial charge in [-0.25, -0.2) is 4.79 Å². The Labute approximate surface area is 96.2 Å². The Bertz CT molecular complexity index is 246. The van der Waals surface area contributed by atoms with Gasteiger partial charge >= 0.3 is 5.97 Å². The number of rotatable bonds is 4. The number of carbonyl (C=O) groups excluding carboxylic acids is 2. The van der Waals surface area contributed by atoms with Crippen LogP contribution in [0.1, 0.15) is 27.7 Å². The molecule has 0 fully saturated rings. The van der Waals surface area contributed by atoms with Crippen molar-refractivity contribution in [3.8, 4) is 0 Å². The Balaban J connectivity index is 4.68. The standard InChI is InChI=1S/C10H19NO3S/c1-6(2)8(12)11-7(9(13)14-5)10(3,4)15/h6-7,15H,1-5H3,(H,11,12)/t7-/m1/s1. The first-order valence-electron chi connectivity index (χ1n) is 4.80. The number of methoxy groups -OCH3 is 1. The minimum Gasteiger partial charge on any atom is -0.467 e. The van der Waals surface area contributed by atoms with E-state index in [-0.39, 0.29) is 11.8 Å². The molecule has 4 nitrogen and oxygen atoms in total. The third-order valence-electron chi connectivity index (χ3n) is 1.95. The zero-order chi connectivity index (χ0) is 12.2. The van der Waals surface area contributed by atoms with Crippen LogP contribution in [0.2, 0.25) is 0 Å². The SMILES string of the molecule is COC(=O)[C@@H](NC(=O)C(C)C)C(C)(C)S. The quantitative estimate of drug-likeness (QED) is 0.563. The van der Waals surface area contributed by atoms with Crippen LogP contribution in [-0.4, -0.2) is 29.8 Å². The maximum Gasteiger partial charge on any atom is 0.329 e. The van der Waals surface area contributed by atoms with Gasteiger partial charge in [0.1, 0.15) is 6.04 Å². The van der Waals surface area contributed by atoms with Gasteiger partial charge in [0.05, 0.1) is 7.11 Å². The first-order chi connectivity index (χ1) is 6.70. The summed E-state index contributed by atoms with van der Waals surface area (Å²) in [4.78, 5) is 22.9. The molecule has 88 valence electrons. The van der Waals surface area contributed by atoms with E-state index >= 15 is 0 Å². The fourth-order valence-electron chi connectivity index (χ4n) is 0.951. The molecule has 0 aliphatic rings. The highest BCUT2D eigenvalue weighted by Gasteiger charge is 2.34. The zero-order valence-electron chi connectivity index (χ0n) is 9.83. The van der Waals surface area contributed by atoms with E-state index in [1.807, 2.05) is 0 Å². The van der Waals surface area contributed by atoms with Crippen molar-refractivity contribution in [3.05, 3.63) is 0 Å². The van der Waals surface area contributed by atoms with Gasteiger partial charge in [-0.2, -0.15) is 12.6 Å². The number of carbonyl (C=O) groups is 2. The molecule has 0 aliphatic heterocycles. The van der Waals surface area contributed by atoms with Gasteiger partial charge in [0.2, 0.25) is 5.91 Å². The summed E-state index contributed by atoms with van der Waals surface area (Å²) in [7, 11) is 1.29. The summed E-state index contributed by atoms with van der Waals surface area (Å²) < 4.78 is 3.96. The minimum absolute atomic E-state index is 0.173. The number of hydrogen-bond donors (Lipinski definition) is 2. The minimum atomic E-state index is -0.735. The van der Waals surface area contributed by atoms with Crippen molar-refractivity contribution in [2.45, 2.75) is 38.5 Å². The van der Waals surface area contributed by atoms with Crippen molar-refractivity contribution in [2.75, 3.05) is 7.11 Å². The molecule has 1 N–H and O–H groups in total. The van der Waals surface area contributed by atoms with Gasteiger partial charge in [-0.15, -0.1) is 0 Å². The summed E-state index contributed by atoms with van der Waals surface area (Å²) in [6, 6.07) is -0.735. The fraction of sp³-hybridized carbons (Fsp3) is 0.800. The summed E-state index contributed by atoms with van der Waals surface area (Å²) in [6.45, 7) is 7.01. The number of amides is 1. The molecule has 0 spiro atoms. The van der Waals surface area contributed by atoms with Gasteiger partial charge in [-0.3, -0.25) is 4.79 Å². The third-order valence-corrected chi connectivity index (χ3v) is 2.21. The van der Waals surface area contributed by atoms with Crippen LogP contribution in [0.25, 0.3) is 0 Å². The molecule has 0 saturated heterocycles. The normalized spacial score (nSPS) is 13.5. The highest BCUT2D eigenvalue weighted by atomic mass is 32.1. The Kier molecular flexibility index (Phi) is 5.14. The lowest BCUT2D eigenvalue weighted by Gasteiger charge is -2.28. The maximum atomic E-state index is 11.5.